The summed E-state index contributed by atoms with van der Waals surface area (Å²) in [5.41, 5.74) is 3.73. The molecule has 118 valence electrons. The van der Waals surface area contributed by atoms with Gasteiger partial charge in [-0.05, 0) is 24.1 Å². The molecule has 0 bridgehead atoms. The number of nitrogens with zero attached hydrogens (tertiary/aromatic N) is 2. The van der Waals surface area contributed by atoms with Crippen molar-refractivity contribution in [3.8, 4) is 10.6 Å². The van der Waals surface area contributed by atoms with Crippen molar-refractivity contribution in [2.75, 3.05) is 25.5 Å². The number of carbonyl (C=O) groups excluding carboxylic acids is 1. The number of aromatic nitrogens is 1. The molecule has 4 nitrogen and oxygen atoms in total. The number of hydrogen-bond acceptors (Lipinski definition) is 6. The first-order valence-corrected chi connectivity index (χ1v) is 9.27. The van der Waals surface area contributed by atoms with E-state index in [9.17, 15) is 4.79 Å². The highest BCUT2D eigenvalue weighted by Gasteiger charge is 2.26. The molecular weight excluding hydrogens is 326 g/mol. The largest absolute Gasteiger partial charge is 0.379 e. The van der Waals surface area contributed by atoms with E-state index in [0.29, 0.717) is 6.54 Å². The molecule has 3 aromatic rings. The fourth-order valence-corrected chi connectivity index (χ4v) is 5.45. The topological polar surface area (TPSA) is 45.2 Å². The van der Waals surface area contributed by atoms with Crippen LogP contribution in [0.5, 0.6) is 0 Å². The van der Waals surface area contributed by atoms with Gasteiger partial charge in [0, 0.05) is 30.6 Å². The lowest BCUT2D eigenvalue weighted by Gasteiger charge is -2.24. The molecule has 0 atom stereocenters. The van der Waals surface area contributed by atoms with Crippen LogP contribution in [-0.4, -0.2) is 36.3 Å². The summed E-state index contributed by atoms with van der Waals surface area (Å²) >= 11 is 3.55. The highest BCUT2D eigenvalue weighted by molar-refractivity contribution is 7.22. The van der Waals surface area contributed by atoms with Gasteiger partial charge in [-0.25, -0.2) is 4.98 Å². The molecule has 0 fully saturated rings. The molecule has 0 aliphatic carbocycles. The molecular formula is C17H17N3OS2. The normalized spacial score (nSPS) is 14.8. The number of para-hydroxylation sites is 1. The molecule has 0 radical (unpaired) electrons. The average Bonchev–Trinajstić information content (AvgIpc) is 3.14. The van der Waals surface area contributed by atoms with E-state index in [4.69, 9.17) is 4.98 Å². The third kappa shape index (κ3) is 2.56. The number of benzene rings is 1. The van der Waals surface area contributed by atoms with E-state index in [0.717, 1.165) is 36.3 Å². The summed E-state index contributed by atoms with van der Waals surface area (Å²) < 4.78 is 1.22. The average molecular weight is 343 g/mol. The second-order valence-corrected chi connectivity index (χ2v) is 7.73. The Morgan fingerprint density at radius 1 is 1.35 bits per heavy atom. The monoisotopic (exact) mass is 343 g/mol. The molecule has 0 amide bonds. The molecule has 0 spiro atoms. The number of thiophene rings is 1. The number of hydrogen-bond donors (Lipinski definition) is 1. The van der Waals surface area contributed by atoms with Crippen LogP contribution in [0.2, 0.25) is 0 Å². The van der Waals surface area contributed by atoms with Crippen LogP contribution in [0.1, 0.15) is 10.4 Å². The first-order chi connectivity index (χ1) is 11.3. The van der Waals surface area contributed by atoms with Crippen LogP contribution in [0.25, 0.3) is 20.8 Å². The summed E-state index contributed by atoms with van der Waals surface area (Å²) in [6.07, 6.45) is 1.97. The van der Waals surface area contributed by atoms with Gasteiger partial charge in [-0.3, -0.25) is 4.90 Å². The van der Waals surface area contributed by atoms with Crippen molar-refractivity contribution in [1.82, 2.24) is 9.88 Å². The number of thiazole rings is 1. The van der Waals surface area contributed by atoms with Crippen molar-refractivity contribution < 1.29 is 4.79 Å². The Bertz CT molecular complexity index is 835. The highest BCUT2D eigenvalue weighted by Crippen LogP contribution is 2.45. The van der Waals surface area contributed by atoms with Crippen LogP contribution in [0.3, 0.4) is 0 Å². The van der Waals surface area contributed by atoms with E-state index in [2.05, 4.69) is 28.4 Å². The predicted octanol–water partition coefficient (Wildman–Crippen LogP) is 3.62. The van der Waals surface area contributed by atoms with Gasteiger partial charge in [0.2, 0.25) is 0 Å². The minimum absolute atomic E-state index is 0.517. The number of rotatable bonds is 4. The molecule has 1 N–H and O–H groups in total. The Hall–Kier alpha value is -1.76. The third-order valence-corrected chi connectivity index (χ3v) is 6.49. The number of anilines is 1. The van der Waals surface area contributed by atoms with Crippen molar-refractivity contribution in [2.45, 2.75) is 13.0 Å². The van der Waals surface area contributed by atoms with E-state index in [1.165, 1.54) is 25.7 Å². The maximum atomic E-state index is 10.8. The zero-order valence-corrected chi connectivity index (χ0v) is 14.5. The molecule has 1 aliphatic heterocycles. The first kappa shape index (κ1) is 14.8. The lowest BCUT2D eigenvalue weighted by molar-refractivity contribution is -0.109. The third-order valence-electron chi connectivity index (χ3n) is 4.20. The molecule has 23 heavy (non-hydrogen) atoms. The number of aldehydes is 1. The van der Waals surface area contributed by atoms with E-state index < -0.39 is 0 Å². The second-order valence-electron chi connectivity index (χ2n) is 5.60. The minimum atomic E-state index is 0.517. The van der Waals surface area contributed by atoms with Crippen LogP contribution in [0, 0.1) is 0 Å². The molecule has 1 aliphatic rings. The number of fused-ring (bicyclic) bond motifs is 2. The summed E-state index contributed by atoms with van der Waals surface area (Å²) in [5, 5.41) is 5.62. The Kier molecular flexibility index (Phi) is 3.88. The summed E-state index contributed by atoms with van der Waals surface area (Å²) in [4.78, 5) is 19.2. The Labute approximate surface area is 142 Å². The van der Waals surface area contributed by atoms with Crippen LogP contribution < -0.4 is 5.32 Å². The van der Waals surface area contributed by atoms with Crippen LogP contribution in [0.15, 0.2) is 24.3 Å². The van der Waals surface area contributed by atoms with Gasteiger partial charge in [-0.2, -0.15) is 0 Å². The molecule has 6 heteroatoms. The van der Waals surface area contributed by atoms with Crippen LogP contribution in [-0.2, 0) is 17.8 Å². The predicted molar refractivity (Wildman–Crippen MR) is 97.5 cm³/mol. The first-order valence-electron chi connectivity index (χ1n) is 7.64. The van der Waals surface area contributed by atoms with Crippen LogP contribution >= 0.6 is 22.7 Å². The van der Waals surface area contributed by atoms with E-state index >= 15 is 0 Å². The standard InChI is InChI=1S/C17H17N3OS2/c1-18-16-15(17-19-12-4-2-3-5-13(12)22-17)11-6-7-20(8-9-21)10-14(11)23-16/h2-5,9,18H,6-8,10H2,1H3. The lowest BCUT2D eigenvalue weighted by atomic mass is 10.0. The summed E-state index contributed by atoms with van der Waals surface area (Å²) in [6, 6.07) is 8.29. The molecule has 2 aromatic heterocycles. The van der Waals surface area contributed by atoms with Crippen LogP contribution in [0.4, 0.5) is 5.00 Å². The molecule has 0 saturated heterocycles. The summed E-state index contributed by atoms with van der Waals surface area (Å²) in [6.45, 7) is 2.31. The quantitative estimate of drug-likeness (QED) is 0.735. The zero-order valence-electron chi connectivity index (χ0n) is 12.8. The SMILES string of the molecule is CNc1sc2c(c1-c1nc3ccccc3s1)CCN(CC=O)C2. The Morgan fingerprint density at radius 2 is 2.22 bits per heavy atom. The fraction of sp³-hybridized carbons (Fsp3) is 0.294. The van der Waals surface area contributed by atoms with E-state index in [-0.39, 0.29) is 0 Å². The lowest BCUT2D eigenvalue weighted by Crippen LogP contribution is -2.31. The van der Waals surface area contributed by atoms with Gasteiger partial charge in [0.15, 0.2) is 0 Å². The Morgan fingerprint density at radius 3 is 3.00 bits per heavy atom. The van der Waals surface area contributed by atoms with Gasteiger partial charge in [0.25, 0.3) is 0 Å². The Balaban J connectivity index is 1.80. The molecule has 1 aromatic carbocycles. The van der Waals surface area contributed by atoms with Gasteiger partial charge < -0.3 is 10.1 Å². The van der Waals surface area contributed by atoms with Gasteiger partial charge in [-0.1, -0.05) is 12.1 Å². The molecule has 3 heterocycles. The van der Waals surface area contributed by atoms with Gasteiger partial charge in [-0.15, -0.1) is 22.7 Å². The number of nitrogens with one attached hydrogen (secondary N) is 1. The van der Waals surface area contributed by atoms with E-state index in [1.54, 1.807) is 22.7 Å². The van der Waals surface area contributed by atoms with Crippen molar-refractivity contribution in [2.24, 2.45) is 0 Å². The smallest absolute Gasteiger partial charge is 0.133 e. The maximum absolute atomic E-state index is 10.8. The minimum Gasteiger partial charge on any atom is -0.379 e. The fourth-order valence-electron chi connectivity index (χ4n) is 3.10. The maximum Gasteiger partial charge on any atom is 0.133 e. The second kappa shape index (κ2) is 6.03. The van der Waals surface area contributed by atoms with Crippen molar-refractivity contribution in [3.05, 3.63) is 34.7 Å². The van der Waals surface area contributed by atoms with Crippen molar-refractivity contribution in [1.29, 1.82) is 0 Å². The van der Waals surface area contributed by atoms with Crippen molar-refractivity contribution >= 4 is 44.2 Å². The molecule has 0 saturated carbocycles. The molecule has 4 rings (SSSR count). The van der Waals surface area contributed by atoms with Crippen molar-refractivity contribution in [3.63, 3.8) is 0 Å². The summed E-state index contributed by atoms with van der Waals surface area (Å²) in [7, 11) is 1.97. The summed E-state index contributed by atoms with van der Waals surface area (Å²) in [5.74, 6) is 0. The van der Waals surface area contributed by atoms with Gasteiger partial charge in [0.1, 0.15) is 11.3 Å². The number of carbonyl (C=O) groups is 1. The van der Waals surface area contributed by atoms with Gasteiger partial charge in [0.05, 0.1) is 21.8 Å². The highest BCUT2D eigenvalue weighted by atomic mass is 32.1. The van der Waals surface area contributed by atoms with Gasteiger partial charge >= 0.3 is 0 Å². The zero-order chi connectivity index (χ0) is 15.8. The molecule has 0 unspecified atom stereocenters. The van der Waals surface area contributed by atoms with E-state index in [1.807, 2.05) is 13.1 Å².